The second-order valence-corrected chi connectivity index (χ2v) is 9.78. The van der Waals surface area contributed by atoms with Gasteiger partial charge in [-0.1, -0.05) is 85.3 Å². The van der Waals surface area contributed by atoms with Crippen molar-refractivity contribution in [3.63, 3.8) is 0 Å². The van der Waals surface area contributed by atoms with Crippen molar-refractivity contribution in [1.82, 2.24) is 19.2 Å². The predicted molar refractivity (Wildman–Crippen MR) is 145 cm³/mol. The van der Waals surface area contributed by atoms with E-state index in [9.17, 15) is 9.59 Å². The molecule has 3 aromatic carbocycles. The van der Waals surface area contributed by atoms with Crippen LogP contribution in [0.2, 0.25) is 0 Å². The number of hydrogen-bond acceptors (Lipinski definition) is 5. The van der Waals surface area contributed by atoms with Gasteiger partial charge in [-0.25, -0.2) is 0 Å². The lowest BCUT2D eigenvalue weighted by molar-refractivity contribution is -0.115. The molecule has 182 valence electrons. The molecular formula is C28H27N5O2S. The summed E-state index contributed by atoms with van der Waals surface area (Å²) in [6.07, 6.45) is 1.81. The molecule has 5 rings (SSSR count). The first-order valence-electron chi connectivity index (χ1n) is 12.0. The number of benzene rings is 3. The van der Waals surface area contributed by atoms with E-state index in [4.69, 9.17) is 0 Å². The van der Waals surface area contributed by atoms with Crippen LogP contribution in [0.15, 0.2) is 88.8 Å². The number of unbranched alkanes of at least 4 members (excludes halogenated alkanes) is 1. The van der Waals surface area contributed by atoms with Gasteiger partial charge < -0.3 is 5.32 Å². The zero-order chi connectivity index (χ0) is 25.1. The zero-order valence-electron chi connectivity index (χ0n) is 20.2. The Morgan fingerprint density at radius 1 is 0.972 bits per heavy atom. The van der Waals surface area contributed by atoms with Crippen LogP contribution in [0.5, 0.6) is 0 Å². The maximum atomic E-state index is 13.5. The van der Waals surface area contributed by atoms with Crippen LogP contribution in [-0.2, 0) is 11.3 Å². The number of fused-ring (bicyclic) bond motifs is 3. The standard InChI is InChI=1S/C28H27N5O2S/c1-3-4-18-32-26(35)22-12-8-9-13-23(22)33-27(32)30-31-28(33)36-24(20-10-6-5-7-11-20)25(34)29-21-16-14-19(2)15-17-21/h5-17,24H,3-4,18H2,1-2H3,(H,29,34). The van der Waals surface area contributed by atoms with Crippen molar-refractivity contribution in [2.45, 2.75) is 43.6 Å². The van der Waals surface area contributed by atoms with Crippen molar-refractivity contribution in [1.29, 1.82) is 0 Å². The van der Waals surface area contributed by atoms with Gasteiger partial charge in [0.25, 0.3) is 5.56 Å². The molecule has 0 bridgehead atoms. The molecule has 5 aromatic rings. The highest BCUT2D eigenvalue weighted by Gasteiger charge is 2.26. The number of nitrogens with one attached hydrogen (secondary N) is 1. The Kier molecular flexibility index (Phi) is 6.86. The average molecular weight is 498 g/mol. The summed E-state index contributed by atoms with van der Waals surface area (Å²) in [5.41, 5.74) is 3.36. The van der Waals surface area contributed by atoms with Crippen molar-refractivity contribution in [3.05, 3.63) is 100 Å². The van der Waals surface area contributed by atoms with E-state index < -0.39 is 5.25 Å². The molecule has 0 spiro atoms. The molecule has 0 aliphatic heterocycles. The molecule has 0 radical (unpaired) electrons. The Morgan fingerprint density at radius 3 is 2.44 bits per heavy atom. The summed E-state index contributed by atoms with van der Waals surface area (Å²) in [6, 6.07) is 24.8. The summed E-state index contributed by atoms with van der Waals surface area (Å²) in [5.74, 6) is 0.329. The number of thioether (sulfide) groups is 1. The third kappa shape index (κ3) is 4.64. The minimum absolute atomic E-state index is 0.0766. The second-order valence-electron chi connectivity index (χ2n) is 8.71. The highest BCUT2D eigenvalue weighted by molar-refractivity contribution is 8.00. The number of hydrogen-bond donors (Lipinski definition) is 1. The summed E-state index contributed by atoms with van der Waals surface area (Å²) in [6.45, 7) is 4.66. The van der Waals surface area contributed by atoms with Crippen molar-refractivity contribution >= 4 is 40.0 Å². The van der Waals surface area contributed by atoms with Gasteiger partial charge in [-0.05, 0) is 43.2 Å². The molecule has 1 N–H and O–H groups in total. The lowest BCUT2D eigenvalue weighted by Gasteiger charge is -2.17. The van der Waals surface area contributed by atoms with Crippen LogP contribution in [0.3, 0.4) is 0 Å². The third-order valence-electron chi connectivity index (χ3n) is 6.10. The summed E-state index contributed by atoms with van der Waals surface area (Å²) in [4.78, 5) is 26.8. The number of carbonyl (C=O) groups excluding carboxylic acids is 1. The molecule has 1 atom stereocenters. The van der Waals surface area contributed by atoms with Crippen LogP contribution in [-0.4, -0.2) is 25.1 Å². The molecule has 0 aliphatic rings. The number of carbonyl (C=O) groups is 1. The minimum atomic E-state index is -0.574. The van der Waals surface area contributed by atoms with Crippen LogP contribution in [0.4, 0.5) is 5.69 Å². The number of aromatic nitrogens is 4. The lowest BCUT2D eigenvalue weighted by Crippen LogP contribution is -2.23. The Balaban J connectivity index is 1.60. The topological polar surface area (TPSA) is 81.3 Å². The normalized spacial score (nSPS) is 12.2. The van der Waals surface area contributed by atoms with E-state index >= 15 is 0 Å². The number of amides is 1. The Labute approximate surface area is 213 Å². The first-order valence-corrected chi connectivity index (χ1v) is 12.9. The van der Waals surface area contributed by atoms with E-state index in [1.165, 1.54) is 11.8 Å². The number of rotatable bonds is 8. The van der Waals surface area contributed by atoms with Crippen molar-refractivity contribution < 1.29 is 4.79 Å². The molecule has 0 fully saturated rings. The summed E-state index contributed by atoms with van der Waals surface area (Å²) in [5, 5.41) is 12.5. The van der Waals surface area contributed by atoms with Gasteiger partial charge in [0.05, 0.1) is 10.9 Å². The molecule has 0 saturated carbocycles. The molecule has 7 nitrogen and oxygen atoms in total. The van der Waals surface area contributed by atoms with Gasteiger partial charge >= 0.3 is 0 Å². The SMILES string of the molecule is CCCCn1c(=O)c2ccccc2n2c(SC(C(=O)Nc3ccc(C)cc3)c3ccccc3)nnc12. The quantitative estimate of drug-likeness (QED) is 0.281. The summed E-state index contributed by atoms with van der Waals surface area (Å²) in [7, 11) is 0. The molecule has 0 aliphatic carbocycles. The van der Waals surface area contributed by atoms with E-state index in [-0.39, 0.29) is 11.5 Å². The predicted octanol–water partition coefficient (Wildman–Crippen LogP) is 5.62. The molecule has 2 heterocycles. The van der Waals surface area contributed by atoms with E-state index in [0.717, 1.165) is 35.2 Å². The molecule has 1 amide bonds. The largest absolute Gasteiger partial charge is 0.325 e. The van der Waals surface area contributed by atoms with Crippen LogP contribution in [0, 0.1) is 6.92 Å². The first-order chi connectivity index (χ1) is 17.6. The molecule has 8 heteroatoms. The molecule has 2 aromatic heterocycles. The number of anilines is 1. The maximum Gasteiger partial charge on any atom is 0.262 e. The van der Waals surface area contributed by atoms with E-state index in [1.807, 2.05) is 90.2 Å². The Bertz CT molecular complexity index is 1580. The van der Waals surface area contributed by atoms with E-state index in [2.05, 4.69) is 22.4 Å². The molecule has 0 saturated heterocycles. The zero-order valence-corrected chi connectivity index (χ0v) is 21.0. The molecule has 36 heavy (non-hydrogen) atoms. The average Bonchev–Trinajstić information content (AvgIpc) is 3.32. The van der Waals surface area contributed by atoms with Gasteiger partial charge in [0.2, 0.25) is 11.7 Å². The van der Waals surface area contributed by atoms with Gasteiger partial charge in [0, 0.05) is 12.2 Å². The maximum absolute atomic E-state index is 13.5. The Hall–Kier alpha value is -3.91. The van der Waals surface area contributed by atoms with E-state index in [1.54, 1.807) is 4.57 Å². The van der Waals surface area contributed by atoms with Crippen molar-refractivity contribution in [2.75, 3.05) is 5.32 Å². The fraction of sp³-hybridized carbons (Fsp3) is 0.214. The number of para-hydroxylation sites is 1. The molecular weight excluding hydrogens is 470 g/mol. The van der Waals surface area contributed by atoms with E-state index in [0.29, 0.717) is 22.9 Å². The van der Waals surface area contributed by atoms with Crippen LogP contribution in [0.25, 0.3) is 16.7 Å². The van der Waals surface area contributed by atoms with Crippen LogP contribution < -0.4 is 10.9 Å². The summed E-state index contributed by atoms with van der Waals surface area (Å²) < 4.78 is 3.58. The lowest BCUT2D eigenvalue weighted by atomic mass is 10.1. The minimum Gasteiger partial charge on any atom is -0.325 e. The first kappa shape index (κ1) is 23.8. The highest BCUT2D eigenvalue weighted by atomic mass is 32.2. The van der Waals surface area contributed by atoms with Gasteiger partial charge in [0.1, 0.15) is 5.25 Å². The monoisotopic (exact) mass is 497 g/mol. The smallest absolute Gasteiger partial charge is 0.262 e. The Morgan fingerprint density at radius 2 is 1.69 bits per heavy atom. The number of aryl methyl sites for hydroxylation is 2. The second kappa shape index (κ2) is 10.4. The summed E-state index contributed by atoms with van der Waals surface area (Å²) >= 11 is 1.32. The van der Waals surface area contributed by atoms with Crippen molar-refractivity contribution in [2.24, 2.45) is 0 Å². The van der Waals surface area contributed by atoms with Gasteiger partial charge in [-0.3, -0.25) is 18.6 Å². The van der Waals surface area contributed by atoms with Crippen molar-refractivity contribution in [3.8, 4) is 0 Å². The third-order valence-corrected chi connectivity index (χ3v) is 7.29. The number of nitrogens with zero attached hydrogens (tertiary/aromatic N) is 4. The fourth-order valence-electron chi connectivity index (χ4n) is 4.18. The highest BCUT2D eigenvalue weighted by Crippen LogP contribution is 2.36. The molecule has 1 unspecified atom stereocenters. The van der Waals surface area contributed by atoms with Crippen LogP contribution >= 0.6 is 11.8 Å². The van der Waals surface area contributed by atoms with Gasteiger partial charge in [0.15, 0.2) is 5.16 Å². The fourth-order valence-corrected chi connectivity index (χ4v) is 5.22. The van der Waals surface area contributed by atoms with Crippen LogP contribution in [0.1, 0.15) is 36.1 Å². The van der Waals surface area contributed by atoms with Gasteiger partial charge in [-0.2, -0.15) is 0 Å². The van der Waals surface area contributed by atoms with Gasteiger partial charge in [-0.15, -0.1) is 10.2 Å².